The number of ether oxygens (including phenoxy) is 1. The first-order valence-electron chi connectivity index (χ1n) is 3.81. The summed E-state index contributed by atoms with van der Waals surface area (Å²) in [7, 11) is 3.25. The van der Waals surface area contributed by atoms with Gasteiger partial charge in [0.25, 0.3) is 0 Å². The molecule has 0 spiro atoms. The first-order valence-corrected chi connectivity index (χ1v) is 3.81. The van der Waals surface area contributed by atoms with Gasteiger partial charge in [-0.05, 0) is 0 Å². The van der Waals surface area contributed by atoms with Crippen molar-refractivity contribution in [2.75, 3.05) is 31.4 Å². The van der Waals surface area contributed by atoms with Gasteiger partial charge < -0.3 is 33.4 Å². The minimum absolute atomic E-state index is 0.0417. The standard InChI is InChI=1S/C3H6N6.C2H6O.CH4N2O/c4-1-7-2(5)9-3(6)8-1;1-3-2;2-1(3)4/h(H6,4,5,6,7,8,9);1-2H3;(H4,2,3,4). The van der Waals surface area contributed by atoms with Gasteiger partial charge in [-0.3, -0.25) is 0 Å². The highest BCUT2D eigenvalue weighted by Gasteiger charge is 1.93. The third kappa shape index (κ3) is 14.2. The van der Waals surface area contributed by atoms with E-state index in [2.05, 4.69) is 31.2 Å². The fraction of sp³-hybridized carbons (Fsp3) is 0.333. The van der Waals surface area contributed by atoms with E-state index in [4.69, 9.17) is 22.0 Å². The van der Waals surface area contributed by atoms with Crippen LogP contribution in [0, 0.1) is 0 Å². The summed E-state index contributed by atoms with van der Waals surface area (Å²) in [6.45, 7) is 0. The summed E-state index contributed by atoms with van der Waals surface area (Å²) in [5.74, 6) is 0.125. The second-order valence-corrected chi connectivity index (χ2v) is 2.22. The van der Waals surface area contributed by atoms with Gasteiger partial charge in [0, 0.05) is 14.2 Å². The van der Waals surface area contributed by atoms with Gasteiger partial charge in [0.2, 0.25) is 17.8 Å². The predicted molar refractivity (Wildman–Crippen MR) is 59.8 cm³/mol. The fourth-order valence-corrected chi connectivity index (χ4v) is 0.427. The Bertz CT molecular complexity index is 263. The molecule has 0 fully saturated rings. The molecule has 0 aliphatic carbocycles. The summed E-state index contributed by atoms with van der Waals surface area (Å²) < 4.78 is 4.25. The lowest BCUT2D eigenvalue weighted by Crippen LogP contribution is -2.18. The van der Waals surface area contributed by atoms with Crippen LogP contribution in [0.25, 0.3) is 0 Å². The molecule has 92 valence electrons. The van der Waals surface area contributed by atoms with Crippen molar-refractivity contribution >= 4 is 23.9 Å². The number of hydrogen-bond acceptors (Lipinski definition) is 8. The van der Waals surface area contributed by atoms with Crippen molar-refractivity contribution in [1.82, 2.24) is 15.0 Å². The van der Waals surface area contributed by atoms with Crippen LogP contribution in [0.3, 0.4) is 0 Å². The van der Waals surface area contributed by atoms with E-state index in [1.165, 1.54) is 0 Å². The van der Waals surface area contributed by atoms with E-state index in [1.54, 1.807) is 14.2 Å². The topological polar surface area (TPSA) is 195 Å². The summed E-state index contributed by atoms with van der Waals surface area (Å²) in [5, 5.41) is 0. The molecular formula is C6H16N8O2. The molecule has 1 rings (SSSR count). The van der Waals surface area contributed by atoms with E-state index in [9.17, 15) is 0 Å². The third-order valence-corrected chi connectivity index (χ3v) is 0.687. The number of nitrogens with zero attached hydrogens (tertiary/aromatic N) is 3. The van der Waals surface area contributed by atoms with E-state index in [0.29, 0.717) is 0 Å². The van der Waals surface area contributed by atoms with E-state index in [-0.39, 0.29) is 17.8 Å². The zero-order chi connectivity index (χ0) is 13.1. The molecule has 0 aliphatic rings. The van der Waals surface area contributed by atoms with Crippen molar-refractivity contribution in [3.05, 3.63) is 0 Å². The third-order valence-electron chi connectivity index (χ3n) is 0.687. The molecule has 10 nitrogen and oxygen atoms in total. The molecule has 1 aromatic heterocycles. The van der Waals surface area contributed by atoms with Crippen LogP contribution in [0.1, 0.15) is 0 Å². The number of hydrogen-bond donors (Lipinski definition) is 5. The van der Waals surface area contributed by atoms with E-state index in [1.807, 2.05) is 0 Å². The Morgan fingerprint density at radius 2 is 1.06 bits per heavy atom. The average molecular weight is 232 g/mol. The van der Waals surface area contributed by atoms with E-state index >= 15 is 0 Å². The second kappa shape index (κ2) is 9.21. The van der Waals surface area contributed by atoms with Crippen LogP contribution in [0.5, 0.6) is 0 Å². The maximum Gasteiger partial charge on any atom is 0.309 e. The van der Waals surface area contributed by atoms with Crippen LogP contribution in [-0.2, 0) is 4.74 Å². The minimum atomic E-state index is -0.833. The lowest BCUT2D eigenvalue weighted by Gasteiger charge is -1.93. The predicted octanol–water partition coefficient (Wildman–Crippen LogP) is -2.10. The Morgan fingerprint density at radius 1 is 0.938 bits per heavy atom. The van der Waals surface area contributed by atoms with Crippen molar-refractivity contribution in [1.29, 1.82) is 0 Å². The molecule has 0 bridgehead atoms. The molecule has 0 unspecified atom stereocenters. The molecule has 0 saturated carbocycles. The normalized spacial score (nSPS) is 7.88. The van der Waals surface area contributed by atoms with E-state index in [0.717, 1.165) is 0 Å². The summed E-state index contributed by atoms with van der Waals surface area (Å²) in [6.07, 6.45) is 0. The number of rotatable bonds is 0. The van der Waals surface area contributed by atoms with Gasteiger partial charge >= 0.3 is 6.03 Å². The Morgan fingerprint density at radius 3 is 1.19 bits per heavy atom. The molecule has 2 amide bonds. The number of nitrogen functional groups attached to an aromatic ring is 3. The highest BCUT2D eigenvalue weighted by Crippen LogP contribution is 1.97. The van der Waals surface area contributed by atoms with Crippen LogP contribution in [0.4, 0.5) is 22.6 Å². The first kappa shape index (κ1) is 16.1. The first-order chi connectivity index (χ1) is 7.33. The maximum absolute atomic E-state index is 9.00. The highest BCUT2D eigenvalue weighted by atomic mass is 16.4. The van der Waals surface area contributed by atoms with Crippen molar-refractivity contribution < 1.29 is 9.53 Å². The number of methoxy groups -OCH3 is 1. The Labute approximate surface area is 92.2 Å². The minimum Gasteiger partial charge on any atom is -0.388 e. The zero-order valence-electron chi connectivity index (χ0n) is 9.04. The molecule has 10 N–H and O–H groups in total. The largest absolute Gasteiger partial charge is 0.388 e. The number of amides is 2. The SMILES string of the molecule is COC.NC(N)=O.Nc1nc(N)nc(N)n1. The number of nitrogens with two attached hydrogens (primary N) is 5. The van der Waals surface area contributed by atoms with Crippen LogP contribution < -0.4 is 28.7 Å². The zero-order valence-corrected chi connectivity index (χ0v) is 9.04. The average Bonchev–Trinajstić information content (AvgIpc) is 2.00. The van der Waals surface area contributed by atoms with Gasteiger partial charge in [0.15, 0.2) is 0 Å². The molecule has 0 atom stereocenters. The van der Waals surface area contributed by atoms with Crippen LogP contribution in [0.15, 0.2) is 0 Å². The molecule has 0 aliphatic heterocycles. The van der Waals surface area contributed by atoms with Gasteiger partial charge in [-0.25, -0.2) is 4.79 Å². The summed E-state index contributed by atoms with van der Waals surface area (Å²) >= 11 is 0. The van der Waals surface area contributed by atoms with Gasteiger partial charge in [-0.15, -0.1) is 0 Å². The van der Waals surface area contributed by atoms with Crippen LogP contribution in [0.2, 0.25) is 0 Å². The lowest BCUT2D eigenvalue weighted by atomic mass is 10.9. The summed E-state index contributed by atoms with van der Waals surface area (Å²) in [4.78, 5) is 19.5. The van der Waals surface area contributed by atoms with Gasteiger partial charge in [0.1, 0.15) is 0 Å². The van der Waals surface area contributed by atoms with E-state index < -0.39 is 6.03 Å². The smallest absolute Gasteiger partial charge is 0.309 e. The summed E-state index contributed by atoms with van der Waals surface area (Å²) in [6, 6.07) is -0.833. The Kier molecular flexibility index (Phi) is 9.25. The number of urea groups is 1. The molecule has 10 heteroatoms. The number of anilines is 3. The van der Waals surface area contributed by atoms with Gasteiger partial charge in [-0.1, -0.05) is 0 Å². The Hall–Kier alpha value is -2.36. The quantitative estimate of drug-likeness (QED) is 0.335. The molecule has 0 radical (unpaired) electrons. The van der Waals surface area contributed by atoms with Crippen molar-refractivity contribution in [2.24, 2.45) is 11.5 Å². The summed E-state index contributed by atoms with van der Waals surface area (Å²) in [5.41, 5.74) is 23.9. The highest BCUT2D eigenvalue weighted by molar-refractivity contribution is 5.69. The number of primary amides is 2. The lowest BCUT2D eigenvalue weighted by molar-refractivity contribution is 0.256. The number of carbonyl (C=O) groups excluding carboxylic acids is 1. The van der Waals surface area contributed by atoms with Crippen LogP contribution >= 0.6 is 0 Å². The van der Waals surface area contributed by atoms with Crippen molar-refractivity contribution in [3.63, 3.8) is 0 Å². The molecule has 16 heavy (non-hydrogen) atoms. The van der Waals surface area contributed by atoms with Gasteiger partial charge in [0.05, 0.1) is 0 Å². The number of aromatic nitrogens is 3. The van der Waals surface area contributed by atoms with Gasteiger partial charge in [-0.2, -0.15) is 15.0 Å². The molecule has 1 aromatic rings. The molecule has 1 heterocycles. The monoisotopic (exact) mass is 232 g/mol. The van der Waals surface area contributed by atoms with Crippen molar-refractivity contribution in [3.8, 4) is 0 Å². The van der Waals surface area contributed by atoms with Crippen LogP contribution in [-0.4, -0.2) is 35.2 Å². The molecular weight excluding hydrogens is 216 g/mol. The maximum atomic E-state index is 9.00. The Balaban J connectivity index is 0. The molecule has 0 aromatic carbocycles. The number of carbonyl (C=O) groups is 1. The fourth-order valence-electron chi connectivity index (χ4n) is 0.427. The van der Waals surface area contributed by atoms with Crippen molar-refractivity contribution in [2.45, 2.75) is 0 Å². The second-order valence-electron chi connectivity index (χ2n) is 2.22. The molecule has 0 saturated heterocycles.